The molecule has 1 atom stereocenters. The van der Waals surface area contributed by atoms with Crippen LogP contribution in [0.2, 0.25) is 0 Å². The van der Waals surface area contributed by atoms with Crippen molar-refractivity contribution < 1.29 is 4.79 Å². The highest BCUT2D eigenvalue weighted by Crippen LogP contribution is 2.32. The van der Waals surface area contributed by atoms with Gasteiger partial charge in [-0.25, -0.2) is 9.97 Å². The molecule has 7 nitrogen and oxygen atoms in total. The molecule has 0 saturated carbocycles. The van der Waals surface area contributed by atoms with Crippen molar-refractivity contribution in [3.63, 3.8) is 0 Å². The number of carbonyl (C=O) groups is 1. The first-order chi connectivity index (χ1) is 13.9. The minimum atomic E-state index is -0.194. The normalized spacial score (nSPS) is 15.9. The summed E-state index contributed by atoms with van der Waals surface area (Å²) in [7, 11) is 3.58. The van der Waals surface area contributed by atoms with Crippen molar-refractivity contribution in [2.45, 2.75) is 39.2 Å². The molecule has 0 bridgehead atoms. The van der Waals surface area contributed by atoms with E-state index in [2.05, 4.69) is 22.2 Å². The lowest BCUT2D eigenvalue weighted by molar-refractivity contribution is -0.116. The second-order valence-electron chi connectivity index (χ2n) is 7.81. The van der Waals surface area contributed by atoms with Crippen molar-refractivity contribution in [1.82, 2.24) is 14.5 Å². The number of rotatable bonds is 5. The number of thiazole rings is 1. The molecular weight excluding hydrogens is 386 g/mol. The molecule has 1 aliphatic rings. The molecule has 1 aliphatic carbocycles. The lowest BCUT2D eigenvalue weighted by atomic mass is 9.93. The number of anilines is 2. The summed E-state index contributed by atoms with van der Waals surface area (Å²) in [5.41, 5.74) is 2.39. The zero-order valence-corrected chi connectivity index (χ0v) is 17.8. The molecule has 2 heterocycles. The maximum atomic E-state index is 12.9. The Balaban J connectivity index is 1.52. The van der Waals surface area contributed by atoms with Crippen LogP contribution >= 0.6 is 11.3 Å². The van der Waals surface area contributed by atoms with Crippen molar-refractivity contribution in [1.29, 1.82) is 0 Å². The number of benzene rings is 1. The first kappa shape index (κ1) is 19.6. The molecule has 1 N–H and O–H groups in total. The number of amides is 1. The average Bonchev–Trinajstić information content (AvgIpc) is 3.07. The van der Waals surface area contributed by atoms with Gasteiger partial charge in [-0.1, -0.05) is 19.1 Å². The Morgan fingerprint density at radius 2 is 2.10 bits per heavy atom. The highest BCUT2D eigenvalue weighted by atomic mass is 32.1. The summed E-state index contributed by atoms with van der Waals surface area (Å²) in [6.07, 6.45) is 3.36. The first-order valence-electron chi connectivity index (χ1n) is 9.87. The van der Waals surface area contributed by atoms with E-state index in [-0.39, 0.29) is 24.4 Å². The third-order valence-electron chi connectivity index (χ3n) is 5.25. The van der Waals surface area contributed by atoms with Gasteiger partial charge in [-0.05, 0) is 37.3 Å². The van der Waals surface area contributed by atoms with E-state index in [0.717, 1.165) is 36.0 Å². The Kier molecular flexibility index (Phi) is 5.36. The molecule has 3 aromatic rings. The van der Waals surface area contributed by atoms with Crippen LogP contribution in [0.25, 0.3) is 11.0 Å². The molecule has 2 aromatic heterocycles. The summed E-state index contributed by atoms with van der Waals surface area (Å²) in [5, 5.41) is 3.58. The first-order valence-corrected chi connectivity index (χ1v) is 10.7. The van der Waals surface area contributed by atoms with Gasteiger partial charge in [0.15, 0.2) is 10.9 Å². The van der Waals surface area contributed by atoms with Crippen molar-refractivity contribution in [2.24, 2.45) is 5.92 Å². The average molecular weight is 412 g/mol. The Hall–Kier alpha value is -2.74. The van der Waals surface area contributed by atoms with Crippen LogP contribution < -0.4 is 15.8 Å². The van der Waals surface area contributed by atoms with Gasteiger partial charge in [0.05, 0.1) is 16.7 Å². The predicted molar refractivity (Wildman–Crippen MR) is 117 cm³/mol. The van der Waals surface area contributed by atoms with Gasteiger partial charge >= 0.3 is 0 Å². The number of para-hydroxylation sites is 2. The van der Waals surface area contributed by atoms with E-state index >= 15 is 0 Å². The SMILES string of the molecule is CC1CCc2nc(NC(=O)CCn3c(=O)c(N(C)C)nc4ccccc43)sc2C1. The van der Waals surface area contributed by atoms with Gasteiger partial charge in [-0.15, -0.1) is 11.3 Å². The van der Waals surface area contributed by atoms with Gasteiger partial charge in [0.1, 0.15) is 0 Å². The smallest absolute Gasteiger partial charge is 0.293 e. The lowest BCUT2D eigenvalue weighted by Gasteiger charge is -2.16. The van der Waals surface area contributed by atoms with Gasteiger partial charge in [-0.3, -0.25) is 9.59 Å². The van der Waals surface area contributed by atoms with Gasteiger partial charge in [0.25, 0.3) is 5.56 Å². The van der Waals surface area contributed by atoms with Crippen LogP contribution in [0.1, 0.15) is 30.3 Å². The monoisotopic (exact) mass is 411 g/mol. The van der Waals surface area contributed by atoms with E-state index in [1.807, 2.05) is 24.3 Å². The molecule has 29 heavy (non-hydrogen) atoms. The van der Waals surface area contributed by atoms with Crippen LogP contribution in [0.4, 0.5) is 10.9 Å². The summed E-state index contributed by atoms with van der Waals surface area (Å²) >= 11 is 1.57. The topological polar surface area (TPSA) is 80.1 Å². The molecule has 0 radical (unpaired) electrons. The summed E-state index contributed by atoms with van der Waals surface area (Å²) in [5.74, 6) is 0.901. The van der Waals surface area contributed by atoms with Crippen molar-refractivity contribution in [3.05, 3.63) is 45.2 Å². The van der Waals surface area contributed by atoms with E-state index in [4.69, 9.17) is 0 Å². The Morgan fingerprint density at radius 3 is 2.90 bits per heavy atom. The van der Waals surface area contributed by atoms with Crippen molar-refractivity contribution in [3.8, 4) is 0 Å². The number of fused-ring (bicyclic) bond motifs is 2. The minimum Gasteiger partial charge on any atom is -0.358 e. The van der Waals surface area contributed by atoms with Crippen LogP contribution in [-0.2, 0) is 24.2 Å². The fourth-order valence-electron chi connectivity index (χ4n) is 3.68. The second kappa shape index (κ2) is 7.94. The third kappa shape index (κ3) is 4.03. The van der Waals surface area contributed by atoms with Gasteiger partial charge < -0.3 is 14.8 Å². The lowest BCUT2D eigenvalue weighted by Crippen LogP contribution is -2.30. The Bertz CT molecular complexity index is 1120. The van der Waals surface area contributed by atoms with Crippen molar-refractivity contribution >= 4 is 39.2 Å². The Labute approximate surface area is 173 Å². The molecular formula is C21H25N5O2S. The summed E-state index contributed by atoms with van der Waals surface area (Å²) in [4.78, 5) is 37.4. The van der Waals surface area contributed by atoms with E-state index in [9.17, 15) is 9.59 Å². The maximum Gasteiger partial charge on any atom is 0.293 e. The molecule has 1 aromatic carbocycles. The van der Waals surface area contributed by atoms with Gasteiger partial charge in [0, 0.05) is 31.9 Å². The standard InChI is InChI=1S/C21H25N5O2S/c1-13-8-9-15-17(12-13)29-21(23-15)24-18(27)10-11-26-16-7-5-4-6-14(16)22-19(20(26)28)25(2)3/h4-7,13H,8-12H2,1-3H3,(H,23,24,27). The van der Waals surface area contributed by atoms with Crippen LogP contribution in [0, 0.1) is 5.92 Å². The molecule has 8 heteroatoms. The van der Waals surface area contributed by atoms with Crippen LogP contribution in [0.15, 0.2) is 29.1 Å². The molecule has 1 amide bonds. The molecule has 0 spiro atoms. The summed E-state index contributed by atoms with van der Waals surface area (Å²) < 4.78 is 1.63. The summed E-state index contributed by atoms with van der Waals surface area (Å²) in [6, 6.07) is 7.49. The number of nitrogens with one attached hydrogen (secondary N) is 1. The highest BCUT2D eigenvalue weighted by molar-refractivity contribution is 7.15. The van der Waals surface area contributed by atoms with Gasteiger partial charge in [0.2, 0.25) is 5.91 Å². The van der Waals surface area contributed by atoms with E-state index in [0.29, 0.717) is 16.9 Å². The van der Waals surface area contributed by atoms with E-state index in [1.54, 1.807) is 34.9 Å². The van der Waals surface area contributed by atoms with Crippen molar-refractivity contribution in [2.75, 3.05) is 24.3 Å². The van der Waals surface area contributed by atoms with Gasteiger partial charge in [-0.2, -0.15) is 0 Å². The van der Waals surface area contributed by atoms with E-state index in [1.165, 1.54) is 4.88 Å². The number of carbonyl (C=O) groups excluding carboxylic acids is 1. The minimum absolute atomic E-state index is 0.136. The van der Waals surface area contributed by atoms with E-state index < -0.39 is 0 Å². The fraction of sp³-hybridized carbons (Fsp3) is 0.429. The molecule has 4 rings (SSSR count). The zero-order chi connectivity index (χ0) is 20.5. The molecule has 0 saturated heterocycles. The predicted octanol–water partition coefficient (Wildman–Crippen LogP) is 3.07. The number of hydrogen-bond acceptors (Lipinski definition) is 6. The maximum absolute atomic E-state index is 12.9. The molecule has 1 unspecified atom stereocenters. The number of hydrogen-bond donors (Lipinski definition) is 1. The second-order valence-corrected chi connectivity index (χ2v) is 8.89. The molecule has 0 aliphatic heterocycles. The fourth-order valence-corrected chi connectivity index (χ4v) is 4.87. The van der Waals surface area contributed by atoms with Crippen LogP contribution in [0.5, 0.6) is 0 Å². The number of aryl methyl sites for hydroxylation is 2. The highest BCUT2D eigenvalue weighted by Gasteiger charge is 2.20. The molecule has 0 fully saturated rings. The largest absolute Gasteiger partial charge is 0.358 e. The molecule has 152 valence electrons. The zero-order valence-electron chi connectivity index (χ0n) is 16.9. The van der Waals surface area contributed by atoms with Crippen LogP contribution in [-0.4, -0.2) is 34.5 Å². The number of nitrogens with zero attached hydrogens (tertiary/aromatic N) is 4. The number of aromatic nitrogens is 3. The quantitative estimate of drug-likeness (QED) is 0.698. The third-order valence-corrected chi connectivity index (χ3v) is 6.29. The van der Waals surface area contributed by atoms with Crippen LogP contribution in [0.3, 0.4) is 0 Å². The Morgan fingerprint density at radius 1 is 1.31 bits per heavy atom. The summed E-state index contributed by atoms with van der Waals surface area (Å²) in [6.45, 7) is 2.54.